The highest BCUT2D eigenvalue weighted by molar-refractivity contribution is 9.11. The molecule has 19 heavy (non-hydrogen) atoms. The van der Waals surface area contributed by atoms with Crippen LogP contribution in [0.3, 0.4) is 0 Å². The summed E-state index contributed by atoms with van der Waals surface area (Å²) in [6.07, 6.45) is 0. The molecule has 0 aliphatic heterocycles. The molecule has 0 bridgehead atoms. The Morgan fingerprint density at radius 3 is 2.53 bits per heavy atom. The normalized spacial score (nSPS) is 11.3. The van der Waals surface area contributed by atoms with Gasteiger partial charge in [-0.3, -0.25) is 10.1 Å². The van der Waals surface area contributed by atoms with Gasteiger partial charge in [0, 0.05) is 22.7 Å². The molecule has 0 aromatic heterocycles. The van der Waals surface area contributed by atoms with E-state index in [1.165, 1.54) is 6.07 Å². The molecule has 6 nitrogen and oxygen atoms in total. The number of halogens is 1. The van der Waals surface area contributed by atoms with Gasteiger partial charge in [0.05, 0.1) is 9.82 Å². The third-order valence-electron chi connectivity index (χ3n) is 2.57. The quantitative estimate of drug-likeness (QED) is 0.653. The highest BCUT2D eigenvalue weighted by Crippen LogP contribution is 2.25. The first-order chi connectivity index (χ1) is 8.65. The first-order valence-corrected chi connectivity index (χ1v) is 7.51. The van der Waals surface area contributed by atoms with Crippen molar-refractivity contribution in [1.82, 2.24) is 4.72 Å². The maximum Gasteiger partial charge on any atom is 0.273 e. The van der Waals surface area contributed by atoms with Crippen LogP contribution >= 0.6 is 15.9 Å². The molecule has 1 aromatic rings. The Bertz CT molecular complexity index is 640. The van der Waals surface area contributed by atoms with Gasteiger partial charge in [-0.2, -0.15) is 0 Å². The highest BCUT2D eigenvalue weighted by atomic mass is 79.9. The summed E-state index contributed by atoms with van der Waals surface area (Å²) in [4.78, 5) is 10.2. The SMILES string of the molecule is C=C(Br)CNS(=O)(=O)c1cc(C)c(C)c([N+](=O)[O-])c1. The van der Waals surface area contributed by atoms with Crippen LogP contribution in [0.1, 0.15) is 11.1 Å². The van der Waals surface area contributed by atoms with E-state index >= 15 is 0 Å². The van der Waals surface area contributed by atoms with Crippen LogP contribution in [0.15, 0.2) is 28.1 Å². The third-order valence-corrected chi connectivity index (χ3v) is 4.24. The lowest BCUT2D eigenvalue weighted by Crippen LogP contribution is -2.25. The lowest BCUT2D eigenvalue weighted by molar-refractivity contribution is -0.385. The van der Waals surface area contributed by atoms with E-state index in [9.17, 15) is 18.5 Å². The predicted octanol–water partition coefficient (Wildman–Crippen LogP) is 2.40. The molecular formula is C11H13BrN2O4S. The van der Waals surface area contributed by atoms with E-state index < -0.39 is 14.9 Å². The Hall–Kier alpha value is -1.25. The van der Waals surface area contributed by atoms with Crippen LogP contribution in [-0.4, -0.2) is 19.9 Å². The number of hydrogen-bond donors (Lipinski definition) is 1. The van der Waals surface area contributed by atoms with Crippen molar-refractivity contribution in [1.29, 1.82) is 0 Å². The van der Waals surface area contributed by atoms with E-state index in [-0.39, 0.29) is 17.1 Å². The zero-order valence-corrected chi connectivity index (χ0v) is 12.8. The summed E-state index contributed by atoms with van der Waals surface area (Å²) in [5.74, 6) is 0. The monoisotopic (exact) mass is 348 g/mol. The molecule has 0 spiro atoms. The molecule has 104 valence electrons. The topological polar surface area (TPSA) is 89.3 Å². The summed E-state index contributed by atoms with van der Waals surface area (Å²) < 4.78 is 26.7. The second-order valence-electron chi connectivity index (χ2n) is 3.98. The zero-order valence-electron chi connectivity index (χ0n) is 10.4. The molecule has 0 atom stereocenters. The molecule has 0 radical (unpaired) electrons. The van der Waals surface area contributed by atoms with E-state index in [0.29, 0.717) is 15.6 Å². The Kier molecular flexibility index (Phi) is 4.83. The summed E-state index contributed by atoms with van der Waals surface area (Å²) in [7, 11) is -3.80. The first kappa shape index (κ1) is 15.8. The maximum absolute atomic E-state index is 12.0. The average molecular weight is 349 g/mol. The molecule has 1 rings (SSSR count). The highest BCUT2D eigenvalue weighted by Gasteiger charge is 2.21. The second-order valence-corrected chi connectivity index (χ2v) is 6.87. The molecule has 0 amide bonds. The smallest absolute Gasteiger partial charge is 0.258 e. The Labute approximate surface area is 119 Å². The van der Waals surface area contributed by atoms with Gasteiger partial charge in [-0.15, -0.1) is 0 Å². The fraction of sp³-hybridized carbons (Fsp3) is 0.273. The number of rotatable bonds is 5. The Morgan fingerprint density at radius 2 is 2.05 bits per heavy atom. The molecule has 0 heterocycles. The van der Waals surface area contributed by atoms with E-state index in [2.05, 4.69) is 27.2 Å². The van der Waals surface area contributed by atoms with Crippen molar-refractivity contribution in [3.8, 4) is 0 Å². The summed E-state index contributed by atoms with van der Waals surface area (Å²) in [5, 5.41) is 10.9. The van der Waals surface area contributed by atoms with Crippen molar-refractivity contribution < 1.29 is 13.3 Å². The number of nitrogens with one attached hydrogen (secondary N) is 1. The molecule has 1 aromatic carbocycles. The molecule has 8 heteroatoms. The minimum absolute atomic E-state index is 0.0169. The third kappa shape index (κ3) is 3.85. The minimum atomic E-state index is -3.80. The molecule has 0 saturated heterocycles. The van der Waals surface area contributed by atoms with Crippen LogP contribution in [-0.2, 0) is 10.0 Å². The lowest BCUT2D eigenvalue weighted by atomic mass is 10.1. The van der Waals surface area contributed by atoms with Crippen LogP contribution in [0, 0.1) is 24.0 Å². The summed E-state index contributed by atoms with van der Waals surface area (Å²) in [5.41, 5.74) is 0.791. The fourth-order valence-electron chi connectivity index (χ4n) is 1.41. The van der Waals surface area contributed by atoms with E-state index in [0.717, 1.165) is 6.07 Å². The van der Waals surface area contributed by atoms with Gasteiger partial charge >= 0.3 is 0 Å². The van der Waals surface area contributed by atoms with Crippen molar-refractivity contribution in [3.05, 3.63) is 44.4 Å². The number of aryl methyl sites for hydroxylation is 1. The van der Waals surface area contributed by atoms with Gasteiger partial charge in [0.25, 0.3) is 5.69 Å². The van der Waals surface area contributed by atoms with Gasteiger partial charge in [0.1, 0.15) is 0 Å². The zero-order chi connectivity index (χ0) is 14.8. The van der Waals surface area contributed by atoms with Gasteiger partial charge in [-0.25, -0.2) is 13.1 Å². The van der Waals surface area contributed by atoms with E-state index in [1.54, 1.807) is 13.8 Å². The summed E-state index contributed by atoms with van der Waals surface area (Å²) in [6, 6.07) is 2.46. The van der Waals surface area contributed by atoms with Gasteiger partial charge in [0.15, 0.2) is 0 Å². The van der Waals surface area contributed by atoms with Crippen molar-refractivity contribution >= 4 is 31.6 Å². The molecule has 0 saturated carbocycles. The Morgan fingerprint density at radius 1 is 1.47 bits per heavy atom. The minimum Gasteiger partial charge on any atom is -0.258 e. The second kappa shape index (κ2) is 5.81. The van der Waals surface area contributed by atoms with Gasteiger partial charge < -0.3 is 0 Å². The predicted molar refractivity (Wildman–Crippen MR) is 75.8 cm³/mol. The number of benzene rings is 1. The molecule has 0 aliphatic rings. The van der Waals surface area contributed by atoms with Crippen molar-refractivity contribution in [2.24, 2.45) is 0 Å². The molecule has 0 aliphatic carbocycles. The fourth-order valence-corrected chi connectivity index (χ4v) is 2.87. The van der Waals surface area contributed by atoms with Gasteiger partial charge in [-0.1, -0.05) is 22.5 Å². The number of nitro benzene ring substituents is 1. The standard InChI is InChI=1S/C11H13BrN2O4S/c1-7-4-10(5-11(9(7)3)14(15)16)19(17,18)13-6-8(2)12/h4-5,13H,2,6H2,1,3H3. The van der Waals surface area contributed by atoms with Crippen LogP contribution in [0.4, 0.5) is 5.69 Å². The number of nitrogens with zero attached hydrogens (tertiary/aromatic N) is 1. The lowest BCUT2D eigenvalue weighted by Gasteiger charge is -2.08. The molecular weight excluding hydrogens is 336 g/mol. The number of hydrogen-bond acceptors (Lipinski definition) is 4. The summed E-state index contributed by atoms with van der Waals surface area (Å²) >= 11 is 3.03. The van der Waals surface area contributed by atoms with Crippen LogP contribution in [0.2, 0.25) is 0 Å². The first-order valence-electron chi connectivity index (χ1n) is 5.23. The van der Waals surface area contributed by atoms with Crippen LogP contribution in [0.25, 0.3) is 0 Å². The van der Waals surface area contributed by atoms with Gasteiger partial charge in [-0.05, 0) is 25.5 Å². The molecule has 0 fully saturated rings. The van der Waals surface area contributed by atoms with Gasteiger partial charge in [0.2, 0.25) is 10.0 Å². The maximum atomic E-state index is 12.0. The molecule has 1 N–H and O–H groups in total. The molecule has 0 unspecified atom stereocenters. The van der Waals surface area contributed by atoms with Crippen molar-refractivity contribution in [3.63, 3.8) is 0 Å². The number of sulfonamides is 1. The van der Waals surface area contributed by atoms with E-state index in [4.69, 9.17) is 0 Å². The van der Waals surface area contributed by atoms with E-state index in [1.807, 2.05) is 0 Å². The number of nitro groups is 1. The summed E-state index contributed by atoms with van der Waals surface area (Å²) in [6.45, 7) is 6.74. The largest absolute Gasteiger partial charge is 0.273 e. The van der Waals surface area contributed by atoms with Crippen molar-refractivity contribution in [2.75, 3.05) is 6.54 Å². The van der Waals surface area contributed by atoms with Crippen LogP contribution < -0.4 is 4.72 Å². The Balaban J connectivity index is 3.28. The average Bonchev–Trinajstić information content (AvgIpc) is 2.29. The van der Waals surface area contributed by atoms with Crippen LogP contribution in [0.5, 0.6) is 0 Å². The van der Waals surface area contributed by atoms with Crippen molar-refractivity contribution in [2.45, 2.75) is 18.7 Å².